The molecular weight excluding hydrogens is 256 g/mol. The van der Waals surface area contributed by atoms with Gasteiger partial charge < -0.3 is 15.7 Å². The van der Waals surface area contributed by atoms with E-state index in [1.54, 1.807) is 0 Å². The van der Waals surface area contributed by atoms with Crippen LogP contribution in [0.3, 0.4) is 0 Å². The molecule has 1 rings (SSSR count). The quantitative estimate of drug-likeness (QED) is 0.684. The van der Waals surface area contributed by atoms with E-state index in [1.165, 1.54) is 24.3 Å². The lowest BCUT2D eigenvalue weighted by Crippen LogP contribution is -2.29. The Balaban J connectivity index is 2.56. The summed E-state index contributed by atoms with van der Waals surface area (Å²) >= 11 is 0. The minimum absolute atomic E-state index is 0.0172. The Hall–Kier alpha value is -1.60. The topological polar surface area (TPSA) is 95.5 Å². The molecule has 18 heavy (non-hydrogen) atoms. The highest BCUT2D eigenvalue weighted by molar-refractivity contribution is 7.90. The molecule has 1 aromatic carbocycles. The number of hydrogen-bond acceptors (Lipinski definition) is 4. The van der Waals surface area contributed by atoms with Crippen LogP contribution in [-0.4, -0.2) is 39.0 Å². The maximum absolute atomic E-state index is 11.3. The van der Waals surface area contributed by atoms with Crippen molar-refractivity contribution in [3.63, 3.8) is 0 Å². The fourth-order valence-electron chi connectivity index (χ4n) is 1.24. The van der Waals surface area contributed by atoms with E-state index >= 15 is 0 Å². The summed E-state index contributed by atoms with van der Waals surface area (Å²) in [5.74, 6) is 0. The molecule has 0 unspecified atom stereocenters. The van der Waals surface area contributed by atoms with Crippen LogP contribution in [0.15, 0.2) is 29.2 Å². The predicted molar refractivity (Wildman–Crippen MR) is 68.3 cm³/mol. The van der Waals surface area contributed by atoms with E-state index in [4.69, 9.17) is 5.11 Å². The molecule has 0 aromatic heterocycles. The van der Waals surface area contributed by atoms with Gasteiger partial charge in [-0.2, -0.15) is 0 Å². The molecule has 7 heteroatoms. The van der Waals surface area contributed by atoms with Crippen LogP contribution >= 0.6 is 0 Å². The van der Waals surface area contributed by atoms with Crippen LogP contribution in [0.25, 0.3) is 0 Å². The summed E-state index contributed by atoms with van der Waals surface area (Å²) in [6.07, 6.45) is 1.61. The van der Waals surface area contributed by atoms with Gasteiger partial charge in [-0.05, 0) is 30.7 Å². The molecular formula is C11H16N2O4S. The zero-order chi connectivity index (χ0) is 13.6. The number of anilines is 1. The first-order chi connectivity index (χ1) is 8.43. The lowest BCUT2D eigenvalue weighted by atomic mass is 10.3. The minimum atomic E-state index is -3.22. The zero-order valence-corrected chi connectivity index (χ0v) is 10.8. The Bertz CT molecular complexity index is 496. The molecule has 0 aliphatic rings. The van der Waals surface area contributed by atoms with E-state index in [9.17, 15) is 13.2 Å². The second-order valence-corrected chi connectivity index (χ2v) is 5.77. The molecule has 0 saturated heterocycles. The SMILES string of the molecule is CS(=O)(=O)c1ccc(NC(=O)NCCCO)cc1. The summed E-state index contributed by atoms with van der Waals surface area (Å²) in [5.41, 5.74) is 0.504. The van der Waals surface area contributed by atoms with Crippen molar-refractivity contribution in [2.45, 2.75) is 11.3 Å². The van der Waals surface area contributed by atoms with Gasteiger partial charge in [0.2, 0.25) is 0 Å². The molecule has 0 bridgehead atoms. The van der Waals surface area contributed by atoms with Gasteiger partial charge >= 0.3 is 6.03 Å². The van der Waals surface area contributed by atoms with Crippen molar-refractivity contribution < 1.29 is 18.3 Å². The number of aliphatic hydroxyl groups excluding tert-OH is 1. The fourth-order valence-corrected chi connectivity index (χ4v) is 1.87. The van der Waals surface area contributed by atoms with Crippen LogP contribution in [0, 0.1) is 0 Å². The molecule has 0 aliphatic carbocycles. The molecule has 100 valence electrons. The van der Waals surface area contributed by atoms with Crippen molar-refractivity contribution in [1.29, 1.82) is 0 Å². The summed E-state index contributed by atoms with van der Waals surface area (Å²) in [6, 6.07) is 5.50. The average molecular weight is 272 g/mol. The third kappa shape index (κ3) is 4.72. The standard InChI is InChI=1S/C11H16N2O4S/c1-18(16,17)10-5-3-9(4-6-10)13-11(15)12-7-2-8-14/h3-6,14H,2,7-8H2,1H3,(H2,12,13,15). The van der Waals surface area contributed by atoms with Crippen LogP contribution in [0.1, 0.15) is 6.42 Å². The van der Waals surface area contributed by atoms with Gasteiger partial charge in [0.1, 0.15) is 0 Å². The summed E-state index contributed by atoms with van der Waals surface area (Å²) < 4.78 is 22.4. The van der Waals surface area contributed by atoms with Crippen molar-refractivity contribution in [2.24, 2.45) is 0 Å². The molecule has 3 N–H and O–H groups in total. The molecule has 6 nitrogen and oxygen atoms in total. The number of carbonyl (C=O) groups excluding carboxylic acids is 1. The van der Waals surface area contributed by atoms with Gasteiger partial charge in [0.25, 0.3) is 0 Å². The van der Waals surface area contributed by atoms with E-state index in [-0.39, 0.29) is 11.5 Å². The van der Waals surface area contributed by atoms with Crippen molar-refractivity contribution >= 4 is 21.6 Å². The molecule has 2 amide bonds. The summed E-state index contributed by atoms with van der Waals surface area (Å²) in [6.45, 7) is 0.396. The van der Waals surface area contributed by atoms with Gasteiger partial charge in [-0.25, -0.2) is 13.2 Å². The Morgan fingerprint density at radius 3 is 2.39 bits per heavy atom. The molecule has 0 atom stereocenters. The molecule has 1 aromatic rings. The Morgan fingerprint density at radius 1 is 1.28 bits per heavy atom. The van der Waals surface area contributed by atoms with Crippen LogP contribution in [0.2, 0.25) is 0 Å². The van der Waals surface area contributed by atoms with E-state index in [0.29, 0.717) is 18.7 Å². The maximum Gasteiger partial charge on any atom is 0.319 e. The Kier molecular flexibility index (Phi) is 5.11. The fraction of sp³-hybridized carbons (Fsp3) is 0.364. The van der Waals surface area contributed by atoms with Gasteiger partial charge in [0.05, 0.1) is 4.90 Å². The molecule has 0 spiro atoms. The summed E-state index contributed by atoms with van der Waals surface area (Å²) in [5, 5.41) is 13.6. The Labute approximate surface area is 106 Å². The van der Waals surface area contributed by atoms with Crippen molar-refractivity contribution in [3.8, 4) is 0 Å². The minimum Gasteiger partial charge on any atom is -0.396 e. The smallest absolute Gasteiger partial charge is 0.319 e. The van der Waals surface area contributed by atoms with Crippen molar-refractivity contribution in [3.05, 3.63) is 24.3 Å². The largest absolute Gasteiger partial charge is 0.396 e. The van der Waals surface area contributed by atoms with E-state index in [2.05, 4.69) is 10.6 Å². The number of rotatable bonds is 5. The highest BCUT2D eigenvalue weighted by atomic mass is 32.2. The van der Waals surface area contributed by atoms with E-state index in [1.807, 2.05) is 0 Å². The first-order valence-corrected chi connectivity index (χ1v) is 7.28. The number of carbonyl (C=O) groups is 1. The molecule has 0 saturated carbocycles. The van der Waals surface area contributed by atoms with Gasteiger partial charge in [-0.3, -0.25) is 0 Å². The number of hydrogen-bond donors (Lipinski definition) is 3. The highest BCUT2D eigenvalue weighted by Crippen LogP contribution is 2.13. The normalized spacial score (nSPS) is 11.0. The third-order valence-corrected chi connectivity index (χ3v) is 3.29. The zero-order valence-electron chi connectivity index (χ0n) is 10.0. The van der Waals surface area contributed by atoms with Crippen molar-refractivity contribution in [1.82, 2.24) is 5.32 Å². The number of sulfone groups is 1. The van der Waals surface area contributed by atoms with Gasteiger partial charge in [0.15, 0.2) is 9.84 Å². The van der Waals surface area contributed by atoms with Gasteiger partial charge in [-0.1, -0.05) is 0 Å². The summed E-state index contributed by atoms with van der Waals surface area (Å²) in [4.78, 5) is 11.5. The third-order valence-electron chi connectivity index (χ3n) is 2.16. The second kappa shape index (κ2) is 6.36. The Morgan fingerprint density at radius 2 is 1.89 bits per heavy atom. The van der Waals surface area contributed by atoms with Crippen LogP contribution in [-0.2, 0) is 9.84 Å². The number of amides is 2. The first-order valence-electron chi connectivity index (χ1n) is 5.39. The highest BCUT2D eigenvalue weighted by Gasteiger charge is 2.07. The van der Waals surface area contributed by atoms with Gasteiger partial charge in [-0.15, -0.1) is 0 Å². The van der Waals surface area contributed by atoms with Crippen LogP contribution in [0.4, 0.5) is 10.5 Å². The van der Waals surface area contributed by atoms with Gasteiger partial charge in [0, 0.05) is 25.1 Å². The lowest BCUT2D eigenvalue weighted by Gasteiger charge is -2.07. The van der Waals surface area contributed by atoms with E-state index < -0.39 is 15.9 Å². The first kappa shape index (κ1) is 14.5. The van der Waals surface area contributed by atoms with Crippen LogP contribution in [0.5, 0.6) is 0 Å². The molecule has 0 aliphatic heterocycles. The second-order valence-electron chi connectivity index (χ2n) is 3.75. The van der Waals surface area contributed by atoms with Crippen LogP contribution < -0.4 is 10.6 Å². The monoisotopic (exact) mass is 272 g/mol. The van der Waals surface area contributed by atoms with E-state index in [0.717, 1.165) is 6.26 Å². The van der Waals surface area contributed by atoms with Crippen molar-refractivity contribution in [2.75, 3.05) is 24.7 Å². The molecule has 0 radical (unpaired) electrons. The number of benzene rings is 1. The lowest BCUT2D eigenvalue weighted by molar-refractivity contribution is 0.249. The number of aliphatic hydroxyl groups is 1. The maximum atomic E-state index is 11.3. The number of urea groups is 1. The number of nitrogens with one attached hydrogen (secondary N) is 2. The predicted octanol–water partition coefficient (Wildman–Crippen LogP) is 0.594. The molecule has 0 heterocycles. The molecule has 0 fully saturated rings. The average Bonchev–Trinajstić information content (AvgIpc) is 2.29. The summed E-state index contributed by atoms with van der Waals surface area (Å²) in [7, 11) is -3.22.